The Bertz CT molecular complexity index is 150. The summed E-state index contributed by atoms with van der Waals surface area (Å²) in [6.07, 6.45) is 17.2. The molecule has 0 N–H and O–H groups in total. The van der Waals surface area contributed by atoms with Gasteiger partial charge in [-0.15, -0.1) is 0 Å². The molecule has 0 spiro atoms. The Hall–Kier alpha value is 0. The van der Waals surface area contributed by atoms with Gasteiger partial charge in [-0.25, -0.2) is 0 Å². The Morgan fingerprint density at radius 2 is 1.06 bits per heavy atom. The first-order valence-corrected chi connectivity index (χ1v) is 8.76. The zero-order chi connectivity index (χ0) is 13.6. The number of hydrogen-bond acceptors (Lipinski definition) is 0. The third kappa shape index (κ3) is 9.97. The van der Waals surface area contributed by atoms with Gasteiger partial charge < -0.3 is 0 Å². The van der Waals surface area contributed by atoms with Crippen LogP contribution in [0.25, 0.3) is 0 Å². The molecule has 0 aromatic carbocycles. The summed E-state index contributed by atoms with van der Waals surface area (Å²) in [4.78, 5) is 0. The van der Waals surface area contributed by atoms with E-state index in [0.717, 1.165) is 11.8 Å². The molecule has 0 nitrogen and oxygen atoms in total. The lowest BCUT2D eigenvalue weighted by atomic mass is 9.82. The second-order valence-electron chi connectivity index (χ2n) is 6.22. The average Bonchev–Trinajstić information content (AvgIpc) is 2.39. The summed E-state index contributed by atoms with van der Waals surface area (Å²) in [5.74, 6) is 1.97. The fourth-order valence-electron chi connectivity index (χ4n) is 2.95. The van der Waals surface area contributed by atoms with Crippen LogP contribution in [0.5, 0.6) is 0 Å². The minimum atomic E-state index is 0.961. The van der Waals surface area contributed by atoms with E-state index in [2.05, 4.69) is 27.7 Å². The minimum absolute atomic E-state index is 0.961. The highest BCUT2D eigenvalue weighted by Gasteiger charge is 2.15. The molecule has 0 saturated carbocycles. The Labute approximate surface area is 117 Å². The van der Waals surface area contributed by atoms with Crippen molar-refractivity contribution in [2.45, 2.75) is 105 Å². The van der Waals surface area contributed by atoms with Crippen LogP contribution in [0.3, 0.4) is 0 Å². The summed E-state index contributed by atoms with van der Waals surface area (Å²) in [6.45, 7) is 9.45. The van der Waals surface area contributed by atoms with Crippen molar-refractivity contribution in [3.05, 3.63) is 0 Å². The molecule has 0 radical (unpaired) electrons. The monoisotopic (exact) mass is 254 g/mol. The van der Waals surface area contributed by atoms with Gasteiger partial charge in [-0.05, 0) is 11.8 Å². The van der Waals surface area contributed by atoms with Crippen LogP contribution in [0, 0.1) is 11.8 Å². The smallest absolute Gasteiger partial charge is 0.0388 e. The fourth-order valence-corrected chi connectivity index (χ4v) is 2.95. The highest BCUT2D eigenvalue weighted by molar-refractivity contribution is 4.67. The normalized spacial score (nSPS) is 14.7. The second kappa shape index (κ2) is 13.4. The van der Waals surface area contributed by atoms with Crippen LogP contribution in [0.4, 0.5) is 0 Å². The molecule has 110 valence electrons. The number of hydrogen-bond donors (Lipinski definition) is 0. The summed E-state index contributed by atoms with van der Waals surface area (Å²) >= 11 is 0. The zero-order valence-electron chi connectivity index (χ0n) is 13.6. The van der Waals surface area contributed by atoms with Gasteiger partial charge in [0.25, 0.3) is 0 Å². The lowest BCUT2D eigenvalue weighted by Gasteiger charge is -2.24. The Morgan fingerprint density at radius 1 is 0.556 bits per heavy atom. The lowest BCUT2D eigenvalue weighted by molar-refractivity contribution is 0.278. The molecule has 0 aliphatic rings. The van der Waals surface area contributed by atoms with Crippen molar-refractivity contribution < 1.29 is 0 Å². The van der Waals surface area contributed by atoms with Gasteiger partial charge >= 0.3 is 0 Å². The molecule has 0 aliphatic heterocycles. The van der Waals surface area contributed by atoms with E-state index in [1.165, 1.54) is 77.0 Å². The number of unbranched alkanes of at least 4 members (excludes halogenated alkanes) is 6. The summed E-state index contributed by atoms with van der Waals surface area (Å²) in [5, 5.41) is 0. The molecule has 0 heterocycles. The standard InChI is InChI=1S/C18H38/c1-5-8-11-12-13-16-18(15-10-7-3)17(4)14-9-6-2/h17-18H,5-16H2,1-4H3. The second-order valence-corrected chi connectivity index (χ2v) is 6.22. The molecule has 0 heteroatoms. The topological polar surface area (TPSA) is 0 Å². The molecule has 0 rings (SSSR count). The van der Waals surface area contributed by atoms with Crippen LogP contribution in [-0.2, 0) is 0 Å². The minimum Gasteiger partial charge on any atom is -0.0654 e. The fraction of sp³-hybridized carbons (Fsp3) is 1.00. The molecule has 18 heavy (non-hydrogen) atoms. The van der Waals surface area contributed by atoms with E-state index < -0.39 is 0 Å². The first kappa shape index (κ1) is 18.0. The predicted octanol–water partition coefficient (Wildman–Crippen LogP) is 6.98. The highest BCUT2D eigenvalue weighted by atomic mass is 14.2. The van der Waals surface area contributed by atoms with Gasteiger partial charge in [0, 0.05) is 0 Å². The van der Waals surface area contributed by atoms with Crippen LogP contribution >= 0.6 is 0 Å². The van der Waals surface area contributed by atoms with Crippen molar-refractivity contribution in [2.24, 2.45) is 11.8 Å². The molecule has 0 bridgehead atoms. The Balaban J connectivity index is 3.82. The van der Waals surface area contributed by atoms with Gasteiger partial charge in [0.15, 0.2) is 0 Å². The van der Waals surface area contributed by atoms with E-state index in [1.54, 1.807) is 0 Å². The third-order valence-corrected chi connectivity index (χ3v) is 4.42. The number of rotatable bonds is 13. The summed E-state index contributed by atoms with van der Waals surface area (Å²) in [5.41, 5.74) is 0. The largest absolute Gasteiger partial charge is 0.0654 e. The van der Waals surface area contributed by atoms with Gasteiger partial charge in [0.05, 0.1) is 0 Å². The highest BCUT2D eigenvalue weighted by Crippen LogP contribution is 2.28. The average molecular weight is 255 g/mol. The van der Waals surface area contributed by atoms with E-state index in [9.17, 15) is 0 Å². The maximum atomic E-state index is 2.50. The van der Waals surface area contributed by atoms with Crippen molar-refractivity contribution in [3.63, 3.8) is 0 Å². The van der Waals surface area contributed by atoms with Crippen molar-refractivity contribution in [2.75, 3.05) is 0 Å². The molecule has 0 amide bonds. The van der Waals surface area contributed by atoms with Crippen molar-refractivity contribution in [1.29, 1.82) is 0 Å². The molecule has 0 aromatic heterocycles. The van der Waals surface area contributed by atoms with Gasteiger partial charge in [-0.2, -0.15) is 0 Å². The van der Waals surface area contributed by atoms with E-state index in [-0.39, 0.29) is 0 Å². The zero-order valence-corrected chi connectivity index (χ0v) is 13.6. The molecule has 0 aromatic rings. The first-order valence-electron chi connectivity index (χ1n) is 8.76. The third-order valence-electron chi connectivity index (χ3n) is 4.42. The molecule has 2 atom stereocenters. The van der Waals surface area contributed by atoms with Crippen molar-refractivity contribution in [3.8, 4) is 0 Å². The van der Waals surface area contributed by atoms with E-state index in [4.69, 9.17) is 0 Å². The van der Waals surface area contributed by atoms with E-state index in [0.29, 0.717) is 0 Å². The van der Waals surface area contributed by atoms with Gasteiger partial charge in [0.2, 0.25) is 0 Å². The van der Waals surface area contributed by atoms with Crippen LogP contribution in [-0.4, -0.2) is 0 Å². The Kier molecular flexibility index (Phi) is 13.4. The molecular formula is C18H38. The maximum absolute atomic E-state index is 2.50. The van der Waals surface area contributed by atoms with Crippen LogP contribution in [0.2, 0.25) is 0 Å². The molecule has 2 unspecified atom stereocenters. The predicted molar refractivity (Wildman–Crippen MR) is 85.1 cm³/mol. The lowest BCUT2D eigenvalue weighted by Crippen LogP contribution is -2.12. The summed E-state index contributed by atoms with van der Waals surface area (Å²) < 4.78 is 0. The van der Waals surface area contributed by atoms with E-state index in [1.807, 2.05) is 0 Å². The molecule has 0 saturated heterocycles. The van der Waals surface area contributed by atoms with Crippen LogP contribution in [0.1, 0.15) is 105 Å². The maximum Gasteiger partial charge on any atom is -0.0388 e. The molecular weight excluding hydrogens is 216 g/mol. The van der Waals surface area contributed by atoms with Crippen molar-refractivity contribution in [1.82, 2.24) is 0 Å². The summed E-state index contributed by atoms with van der Waals surface area (Å²) in [7, 11) is 0. The van der Waals surface area contributed by atoms with Gasteiger partial charge in [0.1, 0.15) is 0 Å². The Morgan fingerprint density at radius 3 is 1.67 bits per heavy atom. The SMILES string of the molecule is CCCCCCCC(CCCC)C(C)CCCC. The van der Waals surface area contributed by atoms with Crippen LogP contribution in [0.15, 0.2) is 0 Å². The molecule has 0 aliphatic carbocycles. The van der Waals surface area contributed by atoms with Crippen molar-refractivity contribution >= 4 is 0 Å². The van der Waals surface area contributed by atoms with E-state index >= 15 is 0 Å². The van der Waals surface area contributed by atoms with Gasteiger partial charge in [-0.1, -0.05) is 105 Å². The quantitative estimate of drug-likeness (QED) is 0.311. The molecule has 0 fully saturated rings. The van der Waals surface area contributed by atoms with Crippen LogP contribution < -0.4 is 0 Å². The summed E-state index contributed by atoms with van der Waals surface area (Å²) in [6, 6.07) is 0. The van der Waals surface area contributed by atoms with Gasteiger partial charge in [-0.3, -0.25) is 0 Å². The first-order chi connectivity index (χ1) is 8.76.